The number of hydrogen-bond donors (Lipinski definition) is 1. The molecule has 0 bridgehead atoms. The monoisotopic (exact) mass is 273 g/mol. The van der Waals surface area contributed by atoms with Gasteiger partial charge in [-0.25, -0.2) is 0 Å². The van der Waals surface area contributed by atoms with Crippen LogP contribution in [0.15, 0.2) is 12.1 Å². The van der Waals surface area contributed by atoms with Crippen LogP contribution in [0.2, 0.25) is 0 Å². The lowest BCUT2D eigenvalue weighted by atomic mass is 10.1. The first-order chi connectivity index (χ1) is 8.36. The normalized spacial score (nSPS) is 9.89. The Labute approximate surface area is 106 Å². The largest absolute Gasteiger partial charge is 0.325 e. The summed E-state index contributed by atoms with van der Waals surface area (Å²) in [7, 11) is 0. The molecule has 0 aliphatic rings. The third kappa shape index (κ3) is 2.92. The molecule has 0 saturated heterocycles. The molecule has 1 aromatic rings. The zero-order valence-electron chi connectivity index (χ0n) is 9.18. The SMILES string of the molecule is Cc1c([N+](=O)[O-])cc(NC(=O)CCl)cc1[N+](=O)[O-]. The second kappa shape index (κ2) is 5.41. The molecule has 0 unspecified atom stereocenters. The van der Waals surface area contributed by atoms with E-state index in [2.05, 4.69) is 5.32 Å². The number of amides is 1. The predicted octanol–water partition coefficient (Wildman–Crippen LogP) is 1.99. The minimum absolute atomic E-state index is 0.0374. The Bertz CT molecular complexity index is 496. The molecule has 0 heterocycles. The van der Waals surface area contributed by atoms with Crippen LogP contribution in [0.1, 0.15) is 5.56 Å². The number of hydrogen-bond acceptors (Lipinski definition) is 5. The van der Waals surface area contributed by atoms with E-state index in [1.165, 1.54) is 6.92 Å². The molecule has 9 heteroatoms. The maximum absolute atomic E-state index is 11.0. The zero-order valence-corrected chi connectivity index (χ0v) is 9.93. The quantitative estimate of drug-likeness (QED) is 0.511. The Kier molecular flexibility index (Phi) is 4.16. The lowest BCUT2D eigenvalue weighted by Crippen LogP contribution is -2.13. The van der Waals surface area contributed by atoms with Gasteiger partial charge in [-0.2, -0.15) is 0 Å². The van der Waals surface area contributed by atoms with E-state index in [9.17, 15) is 25.0 Å². The van der Waals surface area contributed by atoms with Gasteiger partial charge in [0.2, 0.25) is 5.91 Å². The summed E-state index contributed by atoms with van der Waals surface area (Å²) in [6.07, 6.45) is 0. The number of nitrogens with one attached hydrogen (secondary N) is 1. The molecule has 0 aliphatic carbocycles. The molecule has 0 atom stereocenters. The molecular weight excluding hydrogens is 266 g/mol. The highest BCUT2D eigenvalue weighted by molar-refractivity contribution is 6.29. The minimum atomic E-state index is -0.751. The van der Waals surface area contributed by atoms with Crippen LogP contribution in [-0.4, -0.2) is 21.6 Å². The van der Waals surface area contributed by atoms with Gasteiger partial charge in [0.1, 0.15) is 11.4 Å². The van der Waals surface area contributed by atoms with Crippen molar-refractivity contribution in [3.8, 4) is 0 Å². The van der Waals surface area contributed by atoms with Crippen molar-refractivity contribution in [1.82, 2.24) is 0 Å². The fourth-order valence-electron chi connectivity index (χ4n) is 1.33. The average molecular weight is 274 g/mol. The number of anilines is 1. The molecule has 0 aromatic heterocycles. The van der Waals surface area contributed by atoms with Crippen LogP contribution >= 0.6 is 11.6 Å². The summed E-state index contributed by atoms with van der Waals surface area (Å²) >= 11 is 5.26. The van der Waals surface area contributed by atoms with Crippen LogP contribution < -0.4 is 5.32 Å². The van der Waals surface area contributed by atoms with Gasteiger partial charge >= 0.3 is 0 Å². The number of nitrogens with zero attached hydrogens (tertiary/aromatic N) is 2. The van der Waals surface area contributed by atoms with Crippen LogP contribution in [0.3, 0.4) is 0 Å². The van der Waals surface area contributed by atoms with Crippen molar-refractivity contribution in [2.75, 3.05) is 11.2 Å². The van der Waals surface area contributed by atoms with E-state index >= 15 is 0 Å². The summed E-state index contributed by atoms with van der Waals surface area (Å²) in [5.41, 5.74) is -0.985. The number of carbonyl (C=O) groups is 1. The highest BCUT2D eigenvalue weighted by Crippen LogP contribution is 2.31. The van der Waals surface area contributed by atoms with E-state index in [0.29, 0.717) is 0 Å². The molecule has 1 aromatic carbocycles. The minimum Gasteiger partial charge on any atom is -0.325 e. The van der Waals surface area contributed by atoms with E-state index in [1.54, 1.807) is 0 Å². The molecule has 0 radical (unpaired) electrons. The Hall–Kier alpha value is -2.22. The van der Waals surface area contributed by atoms with Crippen LogP contribution in [-0.2, 0) is 4.79 Å². The first-order valence-electron chi connectivity index (χ1n) is 4.66. The number of benzene rings is 1. The average Bonchev–Trinajstić information content (AvgIpc) is 2.30. The molecule has 0 fully saturated rings. The predicted molar refractivity (Wildman–Crippen MR) is 63.8 cm³/mol. The van der Waals surface area contributed by atoms with Gasteiger partial charge in [-0.1, -0.05) is 0 Å². The summed E-state index contributed by atoms with van der Waals surface area (Å²) in [5, 5.41) is 23.7. The molecular formula is C9H8ClN3O5. The topological polar surface area (TPSA) is 115 Å². The van der Waals surface area contributed by atoms with E-state index in [0.717, 1.165) is 12.1 Å². The van der Waals surface area contributed by atoms with Crippen molar-refractivity contribution >= 4 is 34.6 Å². The molecule has 1 rings (SSSR count). The maximum atomic E-state index is 11.0. The highest BCUT2D eigenvalue weighted by atomic mass is 35.5. The van der Waals surface area contributed by atoms with Gasteiger partial charge in [0.05, 0.1) is 15.5 Å². The molecule has 18 heavy (non-hydrogen) atoms. The van der Waals surface area contributed by atoms with Crippen molar-refractivity contribution < 1.29 is 14.6 Å². The number of alkyl halides is 1. The molecule has 1 N–H and O–H groups in total. The van der Waals surface area contributed by atoms with Crippen LogP contribution in [0.4, 0.5) is 17.1 Å². The number of carbonyl (C=O) groups excluding carboxylic acids is 1. The molecule has 1 amide bonds. The third-order valence-corrected chi connectivity index (χ3v) is 2.39. The van der Waals surface area contributed by atoms with Crippen LogP contribution in [0.5, 0.6) is 0 Å². The molecule has 8 nitrogen and oxygen atoms in total. The van der Waals surface area contributed by atoms with Gasteiger partial charge in [0, 0.05) is 12.1 Å². The summed E-state index contributed by atoms with van der Waals surface area (Å²) in [6, 6.07) is 2.10. The molecule has 0 aliphatic heterocycles. The highest BCUT2D eigenvalue weighted by Gasteiger charge is 2.23. The van der Waals surface area contributed by atoms with Gasteiger partial charge in [0.15, 0.2) is 0 Å². The third-order valence-electron chi connectivity index (χ3n) is 2.15. The first kappa shape index (κ1) is 13.8. The maximum Gasteiger partial charge on any atom is 0.281 e. The van der Waals surface area contributed by atoms with Crippen molar-refractivity contribution in [2.24, 2.45) is 0 Å². The molecule has 96 valence electrons. The van der Waals surface area contributed by atoms with Gasteiger partial charge in [-0.15, -0.1) is 11.6 Å². The van der Waals surface area contributed by atoms with Crippen LogP contribution in [0, 0.1) is 27.2 Å². The van der Waals surface area contributed by atoms with Crippen molar-refractivity contribution in [3.63, 3.8) is 0 Å². The standard InChI is InChI=1S/C9H8ClN3O5/c1-5-7(12(15)16)2-6(11-9(14)4-10)3-8(5)13(17)18/h2-3H,4H2,1H3,(H,11,14). The summed E-state index contributed by atoms with van der Waals surface area (Å²) in [6.45, 7) is 1.27. The van der Waals surface area contributed by atoms with Crippen molar-refractivity contribution in [1.29, 1.82) is 0 Å². The van der Waals surface area contributed by atoms with E-state index in [4.69, 9.17) is 11.6 Å². The number of nitro benzene ring substituents is 2. The number of halogens is 1. The van der Waals surface area contributed by atoms with Crippen molar-refractivity contribution in [2.45, 2.75) is 6.92 Å². The summed E-state index contributed by atoms with van der Waals surface area (Å²) in [5.74, 6) is -0.959. The van der Waals surface area contributed by atoms with E-state index in [1.807, 2.05) is 0 Å². The molecule has 0 saturated carbocycles. The van der Waals surface area contributed by atoms with Gasteiger partial charge in [-0.3, -0.25) is 25.0 Å². The van der Waals surface area contributed by atoms with Gasteiger partial charge in [-0.05, 0) is 6.92 Å². The van der Waals surface area contributed by atoms with Gasteiger partial charge < -0.3 is 5.32 Å². The van der Waals surface area contributed by atoms with Crippen LogP contribution in [0.25, 0.3) is 0 Å². The lowest BCUT2D eigenvalue weighted by Gasteiger charge is -2.05. The molecule has 0 spiro atoms. The second-order valence-electron chi connectivity index (χ2n) is 3.34. The fourth-order valence-corrected chi connectivity index (χ4v) is 1.40. The first-order valence-corrected chi connectivity index (χ1v) is 5.19. The Morgan fingerprint density at radius 2 is 1.72 bits per heavy atom. The lowest BCUT2D eigenvalue weighted by molar-refractivity contribution is -0.395. The van der Waals surface area contributed by atoms with E-state index < -0.39 is 27.1 Å². The Morgan fingerprint density at radius 1 is 1.28 bits per heavy atom. The smallest absolute Gasteiger partial charge is 0.281 e. The van der Waals surface area contributed by atoms with Crippen molar-refractivity contribution in [3.05, 3.63) is 37.9 Å². The number of rotatable bonds is 4. The summed E-state index contributed by atoms with van der Waals surface area (Å²) in [4.78, 5) is 31.0. The fraction of sp³-hybridized carbons (Fsp3) is 0.222. The Morgan fingerprint density at radius 3 is 2.06 bits per heavy atom. The van der Waals surface area contributed by atoms with Gasteiger partial charge in [0.25, 0.3) is 11.4 Å². The second-order valence-corrected chi connectivity index (χ2v) is 3.60. The Balaban J connectivity index is 3.33. The van der Waals surface area contributed by atoms with E-state index in [-0.39, 0.29) is 17.1 Å². The number of nitro groups is 2. The zero-order chi connectivity index (χ0) is 13.9. The summed E-state index contributed by atoms with van der Waals surface area (Å²) < 4.78 is 0.